The third-order valence-electron chi connectivity index (χ3n) is 2.71. The highest BCUT2D eigenvalue weighted by Crippen LogP contribution is 2.42. The summed E-state index contributed by atoms with van der Waals surface area (Å²) in [6, 6.07) is 0. The minimum absolute atomic E-state index is 0.456. The van der Waals surface area contributed by atoms with E-state index in [1.54, 1.807) is 0 Å². The van der Waals surface area contributed by atoms with Crippen molar-refractivity contribution in [1.82, 2.24) is 0 Å². The Morgan fingerprint density at radius 3 is 1.94 bits per heavy atom. The molecule has 0 aromatic heterocycles. The lowest BCUT2D eigenvalue weighted by molar-refractivity contribution is -0.215. The molecule has 1 N–H and O–H groups in total. The molecule has 0 bridgehead atoms. The van der Waals surface area contributed by atoms with Gasteiger partial charge in [0.15, 0.2) is 0 Å². The summed E-state index contributed by atoms with van der Waals surface area (Å²) in [5.41, 5.74) is 0. The average Bonchev–Trinajstić information content (AvgIpc) is 2.36. The van der Waals surface area contributed by atoms with Crippen LogP contribution in [0.1, 0.15) is 64.7 Å². The predicted octanol–water partition coefficient (Wildman–Crippen LogP) is 4.33. The largest absolute Gasteiger partial charge is 0.352 e. The maximum atomic E-state index is 9.22. The molecule has 0 amide bonds. The zero-order valence-electron chi connectivity index (χ0n) is 11.6. The molecular formula is C12H27O4PS. The van der Waals surface area contributed by atoms with Crippen molar-refractivity contribution in [3.8, 4) is 0 Å². The molecule has 0 aliphatic rings. The van der Waals surface area contributed by atoms with Crippen LogP contribution < -0.4 is 0 Å². The molecule has 0 aromatic carbocycles. The fraction of sp³-hybridized carbons (Fsp3) is 1.00. The molecule has 0 radical (unpaired) electrons. The molecule has 1 unspecified atom stereocenters. The molecule has 0 saturated heterocycles. The first-order chi connectivity index (χ1) is 8.62. The molecule has 0 spiro atoms. The highest BCUT2D eigenvalue weighted by molar-refractivity contribution is 8.07. The molecule has 0 aromatic rings. The van der Waals surface area contributed by atoms with Crippen LogP contribution in [0, 0.1) is 0 Å². The van der Waals surface area contributed by atoms with Gasteiger partial charge in [-0.25, -0.2) is 4.89 Å². The predicted molar refractivity (Wildman–Crippen MR) is 77.8 cm³/mol. The standard InChI is InChI=1S/C12H27O4PS/c1-3-4-5-6-7-8-9-10-11-12-15-16-17(13,18)14-2/h3-12H2,1-2H3,(H,13,18). The molecule has 1 atom stereocenters. The molecule has 110 valence electrons. The highest BCUT2D eigenvalue weighted by atomic mass is 32.5. The Labute approximate surface area is 116 Å². The summed E-state index contributed by atoms with van der Waals surface area (Å²) in [5, 5.41) is 0. The first-order valence-corrected chi connectivity index (χ1v) is 9.41. The van der Waals surface area contributed by atoms with Gasteiger partial charge in [-0.1, -0.05) is 58.3 Å². The topological polar surface area (TPSA) is 47.9 Å². The average molecular weight is 298 g/mol. The molecule has 0 aliphatic heterocycles. The lowest BCUT2D eigenvalue weighted by Crippen LogP contribution is -1.96. The fourth-order valence-corrected chi connectivity index (χ4v) is 2.00. The number of hydrogen-bond acceptors (Lipinski definition) is 4. The molecule has 6 heteroatoms. The van der Waals surface area contributed by atoms with Crippen LogP contribution in [0.5, 0.6) is 0 Å². The molecule has 4 nitrogen and oxygen atoms in total. The lowest BCUT2D eigenvalue weighted by Gasteiger charge is -2.10. The van der Waals surface area contributed by atoms with Gasteiger partial charge in [-0.05, 0) is 18.2 Å². The molecule has 0 fully saturated rings. The van der Waals surface area contributed by atoms with Crippen molar-refractivity contribution in [2.45, 2.75) is 64.7 Å². The Balaban J connectivity index is 3.10. The van der Waals surface area contributed by atoms with Gasteiger partial charge in [-0.3, -0.25) is 0 Å². The summed E-state index contributed by atoms with van der Waals surface area (Å²) in [5.74, 6) is 0. The van der Waals surface area contributed by atoms with Crippen LogP contribution in [0.2, 0.25) is 0 Å². The molecule has 0 saturated carbocycles. The second-order valence-corrected chi connectivity index (χ2v) is 7.21. The van der Waals surface area contributed by atoms with Gasteiger partial charge in [0.1, 0.15) is 0 Å². The Morgan fingerprint density at radius 1 is 0.944 bits per heavy atom. The second kappa shape index (κ2) is 12.5. The van der Waals surface area contributed by atoms with Crippen molar-refractivity contribution in [2.24, 2.45) is 0 Å². The van der Waals surface area contributed by atoms with Gasteiger partial charge in [0.2, 0.25) is 0 Å². The van der Waals surface area contributed by atoms with Crippen molar-refractivity contribution in [2.75, 3.05) is 13.7 Å². The normalized spacial score (nSPS) is 14.6. The van der Waals surface area contributed by atoms with Gasteiger partial charge in [0.05, 0.1) is 6.61 Å². The summed E-state index contributed by atoms with van der Waals surface area (Å²) < 4.78 is 9.17. The van der Waals surface area contributed by atoms with Gasteiger partial charge in [-0.2, -0.15) is 0 Å². The Kier molecular flexibility index (Phi) is 12.9. The van der Waals surface area contributed by atoms with Crippen LogP contribution in [-0.4, -0.2) is 18.6 Å². The smallest absolute Gasteiger partial charge is 0.323 e. The maximum absolute atomic E-state index is 9.22. The first kappa shape index (κ1) is 18.5. The molecule has 0 aliphatic carbocycles. The van der Waals surface area contributed by atoms with E-state index < -0.39 is 6.72 Å². The summed E-state index contributed by atoms with van der Waals surface area (Å²) in [4.78, 5) is 14.0. The van der Waals surface area contributed by atoms with Crippen molar-refractivity contribution < 1.29 is 19.0 Å². The number of hydrogen-bond donors (Lipinski definition) is 1. The van der Waals surface area contributed by atoms with E-state index in [4.69, 9.17) is 4.89 Å². The zero-order valence-corrected chi connectivity index (χ0v) is 13.3. The van der Waals surface area contributed by atoms with E-state index >= 15 is 0 Å². The van der Waals surface area contributed by atoms with Gasteiger partial charge < -0.3 is 9.42 Å². The molecule has 18 heavy (non-hydrogen) atoms. The van der Waals surface area contributed by atoms with E-state index in [2.05, 4.69) is 27.9 Å². The summed E-state index contributed by atoms with van der Waals surface area (Å²) in [6.07, 6.45) is 11.3. The number of unbranched alkanes of at least 4 members (excludes halogenated alkanes) is 8. The van der Waals surface area contributed by atoms with E-state index in [0.29, 0.717) is 6.61 Å². The van der Waals surface area contributed by atoms with Crippen molar-refractivity contribution in [1.29, 1.82) is 0 Å². The van der Waals surface area contributed by atoms with Crippen LogP contribution >= 0.6 is 6.72 Å². The summed E-state index contributed by atoms with van der Waals surface area (Å²) in [6.45, 7) is -0.449. The minimum atomic E-state index is -3.14. The van der Waals surface area contributed by atoms with E-state index in [1.165, 1.54) is 52.1 Å². The van der Waals surface area contributed by atoms with E-state index in [9.17, 15) is 4.89 Å². The lowest BCUT2D eigenvalue weighted by atomic mass is 10.1. The van der Waals surface area contributed by atoms with E-state index in [-0.39, 0.29) is 0 Å². The fourth-order valence-electron chi connectivity index (χ4n) is 1.61. The van der Waals surface area contributed by atoms with Crippen molar-refractivity contribution in [3.05, 3.63) is 0 Å². The van der Waals surface area contributed by atoms with Crippen LogP contribution in [0.4, 0.5) is 0 Å². The Bertz CT molecular complexity index is 226. The van der Waals surface area contributed by atoms with Crippen LogP contribution in [0.3, 0.4) is 0 Å². The van der Waals surface area contributed by atoms with Gasteiger partial charge in [-0.15, -0.1) is 4.67 Å². The zero-order chi connectivity index (χ0) is 13.7. The third kappa shape index (κ3) is 12.9. The van der Waals surface area contributed by atoms with E-state index in [0.717, 1.165) is 12.8 Å². The van der Waals surface area contributed by atoms with Gasteiger partial charge in [0, 0.05) is 7.11 Å². The molecule has 0 rings (SSSR count). The quantitative estimate of drug-likeness (QED) is 0.237. The Morgan fingerprint density at radius 2 is 1.44 bits per heavy atom. The summed E-state index contributed by atoms with van der Waals surface area (Å²) >= 11 is 4.61. The molecular weight excluding hydrogens is 271 g/mol. The first-order valence-electron chi connectivity index (χ1n) is 6.82. The molecule has 0 heterocycles. The van der Waals surface area contributed by atoms with Crippen LogP contribution in [0.15, 0.2) is 0 Å². The SMILES string of the molecule is CCCCCCCCCCCOOP(O)(=S)OC. The summed E-state index contributed by atoms with van der Waals surface area (Å²) in [7, 11) is 1.31. The Hall–Kier alpha value is 0.490. The van der Waals surface area contributed by atoms with Crippen LogP contribution in [-0.2, 0) is 25.9 Å². The highest BCUT2D eigenvalue weighted by Gasteiger charge is 2.12. The van der Waals surface area contributed by atoms with Crippen molar-refractivity contribution >= 4 is 18.5 Å². The maximum Gasteiger partial charge on any atom is 0.352 e. The van der Waals surface area contributed by atoms with Crippen molar-refractivity contribution in [3.63, 3.8) is 0 Å². The van der Waals surface area contributed by atoms with Gasteiger partial charge >= 0.3 is 6.72 Å². The second-order valence-electron chi connectivity index (χ2n) is 4.38. The third-order valence-corrected chi connectivity index (χ3v) is 4.09. The van der Waals surface area contributed by atoms with Crippen LogP contribution in [0.25, 0.3) is 0 Å². The number of rotatable bonds is 13. The van der Waals surface area contributed by atoms with E-state index in [1.807, 2.05) is 0 Å². The minimum Gasteiger partial charge on any atom is -0.323 e. The monoisotopic (exact) mass is 298 g/mol. The van der Waals surface area contributed by atoms with Gasteiger partial charge in [0.25, 0.3) is 0 Å².